The highest BCUT2D eigenvalue weighted by atomic mass is 16.3. The number of hydrogen-bond donors (Lipinski definition) is 3. The van der Waals surface area contributed by atoms with Crippen LogP contribution in [0.5, 0.6) is 0 Å². The molecule has 0 aromatic carbocycles. The Morgan fingerprint density at radius 1 is 1.45 bits per heavy atom. The normalized spacial score (nSPS) is 18.4. The summed E-state index contributed by atoms with van der Waals surface area (Å²) in [5.41, 5.74) is 0.337. The Hall–Kier alpha value is -1.60. The molecule has 1 unspecified atom stereocenters. The number of nitrogens with one attached hydrogen (secondary N) is 2. The van der Waals surface area contributed by atoms with Gasteiger partial charge in [0.1, 0.15) is 0 Å². The second-order valence-electron chi connectivity index (χ2n) is 6.42. The van der Waals surface area contributed by atoms with Crippen molar-refractivity contribution in [3.8, 4) is 0 Å². The van der Waals surface area contributed by atoms with Crippen LogP contribution in [0.1, 0.15) is 37.3 Å². The molecule has 0 radical (unpaired) electrons. The van der Waals surface area contributed by atoms with Gasteiger partial charge in [-0.25, -0.2) is 4.79 Å². The number of hydrogen-bond acceptors (Lipinski definition) is 4. The van der Waals surface area contributed by atoms with Crippen LogP contribution in [0.25, 0.3) is 0 Å². The first-order valence-electron chi connectivity index (χ1n) is 7.79. The number of aromatic nitrogens is 2. The Labute approximate surface area is 131 Å². The third-order valence-electron chi connectivity index (χ3n) is 4.30. The first kappa shape index (κ1) is 16.8. The Bertz CT molecular complexity index is 494. The van der Waals surface area contributed by atoms with E-state index in [9.17, 15) is 9.90 Å². The number of nitrogens with zero attached hydrogens (tertiary/aromatic N) is 3. The molecule has 1 atom stereocenters. The fourth-order valence-corrected chi connectivity index (χ4v) is 2.92. The van der Waals surface area contributed by atoms with E-state index in [1.165, 1.54) is 0 Å². The zero-order chi connectivity index (χ0) is 16.2. The zero-order valence-electron chi connectivity index (χ0n) is 13.7. The van der Waals surface area contributed by atoms with Gasteiger partial charge in [0, 0.05) is 31.9 Å². The number of aryl methyl sites for hydroxylation is 1. The number of carbonyl (C=O) groups is 1. The van der Waals surface area contributed by atoms with Gasteiger partial charge in [-0.05, 0) is 26.9 Å². The van der Waals surface area contributed by atoms with Crippen LogP contribution in [0.2, 0.25) is 0 Å². The largest absolute Gasteiger partial charge is 0.388 e. The summed E-state index contributed by atoms with van der Waals surface area (Å²) in [6.45, 7) is 0.807. The van der Waals surface area contributed by atoms with Crippen molar-refractivity contribution < 1.29 is 9.90 Å². The predicted octanol–water partition coefficient (Wildman–Crippen LogP) is 0.627. The molecule has 1 aromatic heterocycles. The van der Waals surface area contributed by atoms with Gasteiger partial charge in [-0.15, -0.1) is 0 Å². The Morgan fingerprint density at radius 3 is 2.68 bits per heavy atom. The van der Waals surface area contributed by atoms with E-state index in [1.54, 1.807) is 4.68 Å². The van der Waals surface area contributed by atoms with Crippen molar-refractivity contribution in [1.82, 2.24) is 25.3 Å². The summed E-state index contributed by atoms with van der Waals surface area (Å²) in [5, 5.41) is 20.0. The number of rotatable bonds is 6. The summed E-state index contributed by atoms with van der Waals surface area (Å²) in [5.74, 6) is 0. The summed E-state index contributed by atoms with van der Waals surface area (Å²) < 4.78 is 1.75. The molecule has 1 fully saturated rings. The number of aliphatic hydroxyl groups is 1. The highest BCUT2D eigenvalue weighted by molar-refractivity contribution is 5.73. The van der Waals surface area contributed by atoms with E-state index in [-0.39, 0.29) is 12.1 Å². The number of amides is 2. The van der Waals surface area contributed by atoms with Crippen LogP contribution in [0.15, 0.2) is 12.4 Å². The number of urea groups is 1. The molecular weight excluding hydrogens is 282 g/mol. The number of likely N-dealkylation sites (N-methyl/N-ethyl adjacent to an activating group) is 1. The minimum atomic E-state index is -0.721. The van der Waals surface area contributed by atoms with Crippen LogP contribution in [-0.2, 0) is 7.05 Å². The Balaban J connectivity index is 1.80. The SMILES string of the molecule is CN(C)C(CNC(=O)NCC1(O)CCCC1)c1cnn(C)c1. The summed E-state index contributed by atoms with van der Waals surface area (Å²) in [6.07, 6.45) is 7.36. The average Bonchev–Trinajstić information content (AvgIpc) is 3.06. The van der Waals surface area contributed by atoms with Crippen molar-refractivity contribution in [2.45, 2.75) is 37.3 Å². The Kier molecular flexibility index (Phi) is 5.42. The van der Waals surface area contributed by atoms with Gasteiger partial charge in [0.25, 0.3) is 0 Å². The average molecular weight is 309 g/mol. The maximum Gasteiger partial charge on any atom is 0.314 e. The fraction of sp³-hybridized carbons (Fsp3) is 0.733. The molecule has 3 N–H and O–H groups in total. The molecule has 2 amide bonds. The molecule has 1 saturated carbocycles. The van der Waals surface area contributed by atoms with Crippen LogP contribution >= 0.6 is 0 Å². The molecule has 1 heterocycles. The van der Waals surface area contributed by atoms with Crippen molar-refractivity contribution in [3.05, 3.63) is 18.0 Å². The topological polar surface area (TPSA) is 82.4 Å². The molecule has 7 nitrogen and oxygen atoms in total. The highest BCUT2D eigenvalue weighted by Gasteiger charge is 2.31. The summed E-state index contributed by atoms with van der Waals surface area (Å²) >= 11 is 0. The van der Waals surface area contributed by atoms with Crippen LogP contribution in [0, 0.1) is 0 Å². The van der Waals surface area contributed by atoms with Crippen molar-refractivity contribution >= 4 is 6.03 Å². The van der Waals surface area contributed by atoms with Crippen molar-refractivity contribution in [2.75, 3.05) is 27.2 Å². The first-order chi connectivity index (χ1) is 10.4. The third-order valence-corrected chi connectivity index (χ3v) is 4.30. The van der Waals surface area contributed by atoms with Crippen molar-refractivity contribution in [1.29, 1.82) is 0 Å². The molecule has 0 aliphatic heterocycles. The van der Waals surface area contributed by atoms with Crippen molar-refractivity contribution in [2.24, 2.45) is 7.05 Å². The second kappa shape index (κ2) is 7.11. The molecule has 0 spiro atoms. The van der Waals surface area contributed by atoms with Crippen LogP contribution in [0.4, 0.5) is 4.79 Å². The smallest absolute Gasteiger partial charge is 0.314 e. The van der Waals surface area contributed by atoms with E-state index in [1.807, 2.05) is 38.4 Å². The predicted molar refractivity (Wildman–Crippen MR) is 84.5 cm³/mol. The Morgan fingerprint density at radius 2 is 2.14 bits per heavy atom. The molecule has 7 heteroatoms. The molecular formula is C15H27N5O2. The molecule has 1 aliphatic rings. The lowest BCUT2D eigenvalue weighted by Crippen LogP contribution is -2.46. The fourth-order valence-electron chi connectivity index (χ4n) is 2.92. The van der Waals surface area contributed by atoms with Gasteiger partial charge in [0.2, 0.25) is 0 Å². The summed E-state index contributed by atoms with van der Waals surface area (Å²) in [6, 6.07) is -0.176. The molecule has 0 saturated heterocycles. The van der Waals surface area contributed by atoms with Crippen LogP contribution in [-0.4, -0.2) is 58.6 Å². The van der Waals surface area contributed by atoms with E-state index < -0.39 is 5.60 Å². The molecule has 1 aromatic rings. The third kappa shape index (κ3) is 4.45. The maximum atomic E-state index is 11.9. The molecule has 124 valence electrons. The zero-order valence-corrected chi connectivity index (χ0v) is 13.7. The van der Waals surface area contributed by atoms with Gasteiger partial charge in [-0.1, -0.05) is 12.8 Å². The summed E-state index contributed by atoms with van der Waals surface area (Å²) in [4.78, 5) is 14.0. The van der Waals surface area contributed by atoms with E-state index in [0.717, 1.165) is 31.2 Å². The molecule has 2 rings (SSSR count). The van der Waals surface area contributed by atoms with E-state index >= 15 is 0 Å². The first-order valence-corrected chi connectivity index (χ1v) is 7.79. The van der Waals surface area contributed by atoms with Gasteiger partial charge >= 0.3 is 6.03 Å². The number of carbonyl (C=O) groups excluding carboxylic acids is 1. The van der Waals surface area contributed by atoms with E-state index in [2.05, 4.69) is 15.7 Å². The van der Waals surface area contributed by atoms with E-state index in [0.29, 0.717) is 13.1 Å². The van der Waals surface area contributed by atoms with Gasteiger partial charge < -0.3 is 20.6 Å². The van der Waals surface area contributed by atoms with Gasteiger partial charge in [0.05, 0.1) is 17.8 Å². The van der Waals surface area contributed by atoms with E-state index in [4.69, 9.17) is 0 Å². The summed E-state index contributed by atoms with van der Waals surface area (Å²) in [7, 11) is 5.82. The second-order valence-corrected chi connectivity index (χ2v) is 6.42. The van der Waals surface area contributed by atoms with Crippen molar-refractivity contribution in [3.63, 3.8) is 0 Å². The maximum absolute atomic E-state index is 11.9. The minimum absolute atomic E-state index is 0.0639. The van der Waals surface area contributed by atoms with Crippen LogP contribution < -0.4 is 10.6 Å². The monoisotopic (exact) mass is 309 g/mol. The highest BCUT2D eigenvalue weighted by Crippen LogP contribution is 2.28. The van der Waals surface area contributed by atoms with Crippen LogP contribution in [0.3, 0.4) is 0 Å². The van der Waals surface area contributed by atoms with Gasteiger partial charge in [-0.3, -0.25) is 4.68 Å². The minimum Gasteiger partial charge on any atom is -0.388 e. The lowest BCUT2D eigenvalue weighted by atomic mass is 10.0. The van der Waals surface area contributed by atoms with Gasteiger partial charge in [0.15, 0.2) is 0 Å². The molecule has 0 bridgehead atoms. The standard InChI is InChI=1S/C15H27N5O2/c1-19(2)13(12-8-18-20(3)10-12)9-16-14(21)17-11-15(22)6-4-5-7-15/h8,10,13,22H,4-7,9,11H2,1-3H3,(H2,16,17,21). The molecule has 1 aliphatic carbocycles. The lowest BCUT2D eigenvalue weighted by Gasteiger charge is -2.25. The molecule has 22 heavy (non-hydrogen) atoms. The quantitative estimate of drug-likeness (QED) is 0.720. The van der Waals surface area contributed by atoms with Gasteiger partial charge in [-0.2, -0.15) is 5.10 Å². The lowest BCUT2D eigenvalue weighted by molar-refractivity contribution is 0.0500.